The van der Waals surface area contributed by atoms with Crippen LogP contribution in [0.4, 0.5) is 5.00 Å². The van der Waals surface area contributed by atoms with Gasteiger partial charge >= 0.3 is 5.97 Å². The van der Waals surface area contributed by atoms with E-state index in [0.29, 0.717) is 37.1 Å². The molecule has 1 amide bonds. The third-order valence-electron chi connectivity index (χ3n) is 6.51. The molecule has 0 aliphatic heterocycles. The highest BCUT2D eigenvalue weighted by Crippen LogP contribution is 2.39. The second kappa shape index (κ2) is 10.3. The van der Waals surface area contributed by atoms with E-state index < -0.39 is 17.4 Å². The molecule has 3 aromatic heterocycles. The van der Waals surface area contributed by atoms with E-state index in [2.05, 4.69) is 23.3 Å². The standard InChI is InChI=1S/C27H24N4O4S2/c1-15-8-9-18-19(11-28)24(36-20(18)10-15)30-21(32)12-31-14-29-25-22(26(31)33)16(2)23(37-25)27(34)35-13-17-6-4-3-5-7-17/h3-7,14-15H,8-10,12-13H2,1-2H3,(H,30,32). The van der Waals surface area contributed by atoms with Crippen molar-refractivity contribution in [3.63, 3.8) is 0 Å². The smallest absolute Gasteiger partial charge is 0.349 e. The number of fused-ring (bicyclic) bond motifs is 2. The Labute approximate surface area is 221 Å². The number of anilines is 1. The molecule has 5 rings (SSSR count). The van der Waals surface area contributed by atoms with Crippen LogP contribution in [0.3, 0.4) is 0 Å². The quantitative estimate of drug-likeness (QED) is 0.356. The number of carbonyl (C=O) groups is 2. The molecule has 0 saturated carbocycles. The molecule has 1 atom stereocenters. The van der Waals surface area contributed by atoms with Crippen molar-refractivity contribution in [3.8, 4) is 6.07 Å². The summed E-state index contributed by atoms with van der Waals surface area (Å²) in [7, 11) is 0. The van der Waals surface area contributed by atoms with Crippen LogP contribution >= 0.6 is 22.7 Å². The monoisotopic (exact) mass is 532 g/mol. The number of hydrogen-bond acceptors (Lipinski definition) is 8. The van der Waals surface area contributed by atoms with E-state index in [1.807, 2.05) is 30.3 Å². The van der Waals surface area contributed by atoms with E-state index in [9.17, 15) is 19.6 Å². The lowest BCUT2D eigenvalue weighted by molar-refractivity contribution is -0.116. The number of nitrogens with zero attached hydrogens (tertiary/aromatic N) is 3. The Balaban J connectivity index is 1.34. The SMILES string of the molecule is Cc1c(C(=O)OCc2ccccc2)sc2ncn(CC(=O)Nc3sc4c(c3C#N)CCC(C)C4)c(=O)c12. The van der Waals surface area contributed by atoms with Crippen LogP contribution in [0.2, 0.25) is 0 Å². The molecule has 10 heteroatoms. The first-order valence-electron chi connectivity index (χ1n) is 11.9. The number of amides is 1. The van der Waals surface area contributed by atoms with Crippen LogP contribution in [0.5, 0.6) is 0 Å². The van der Waals surface area contributed by atoms with Gasteiger partial charge in [0.2, 0.25) is 5.91 Å². The summed E-state index contributed by atoms with van der Waals surface area (Å²) in [6.45, 7) is 3.74. The van der Waals surface area contributed by atoms with Gasteiger partial charge in [-0.3, -0.25) is 14.2 Å². The van der Waals surface area contributed by atoms with Gasteiger partial charge in [0.15, 0.2) is 0 Å². The summed E-state index contributed by atoms with van der Waals surface area (Å²) >= 11 is 2.54. The Bertz CT molecular complexity index is 1610. The van der Waals surface area contributed by atoms with E-state index in [1.54, 1.807) is 6.92 Å². The third-order valence-corrected chi connectivity index (χ3v) is 8.86. The average molecular weight is 533 g/mol. The lowest BCUT2D eigenvalue weighted by atomic mass is 9.89. The normalized spacial score (nSPS) is 14.7. The fraction of sp³-hybridized carbons (Fsp3) is 0.296. The van der Waals surface area contributed by atoms with Gasteiger partial charge in [-0.25, -0.2) is 9.78 Å². The van der Waals surface area contributed by atoms with Gasteiger partial charge in [-0.1, -0.05) is 37.3 Å². The maximum Gasteiger partial charge on any atom is 0.349 e. The fourth-order valence-corrected chi connectivity index (χ4v) is 6.94. The molecule has 0 spiro atoms. The van der Waals surface area contributed by atoms with Crippen molar-refractivity contribution in [3.05, 3.63) is 79.0 Å². The lowest BCUT2D eigenvalue weighted by Crippen LogP contribution is -2.27. The van der Waals surface area contributed by atoms with E-state index in [4.69, 9.17) is 4.74 Å². The maximum absolute atomic E-state index is 13.2. The van der Waals surface area contributed by atoms with Crippen LogP contribution in [0, 0.1) is 24.2 Å². The molecule has 0 radical (unpaired) electrons. The molecule has 4 aromatic rings. The summed E-state index contributed by atoms with van der Waals surface area (Å²) in [4.78, 5) is 45.0. The molecule has 37 heavy (non-hydrogen) atoms. The summed E-state index contributed by atoms with van der Waals surface area (Å²) in [5.41, 5.74) is 2.49. The molecule has 1 unspecified atom stereocenters. The van der Waals surface area contributed by atoms with E-state index in [1.165, 1.54) is 22.2 Å². The van der Waals surface area contributed by atoms with Crippen molar-refractivity contribution >= 4 is 49.8 Å². The number of aryl methyl sites for hydroxylation is 1. The number of esters is 1. The van der Waals surface area contributed by atoms with Crippen molar-refractivity contribution in [1.82, 2.24) is 9.55 Å². The number of carbonyl (C=O) groups excluding carboxylic acids is 2. The molecule has 0 fully saturated rings. The predicted octanol–water partition coefficient (Wildman–Crippen LogP) is 4.82. The molecular formula is C27H24N4O4S2. The van der Waals surface area contributed by atoms with Gasteiger partial charge in [-0.15, -0.1) is 22.7 Å². The highest BCUT2D eigenvalue weighted by atomic mass is 32.1. The van der Waals surface area contributed by atoms with Gasteiger partial charge in [0.25, 0.3) is 5.56 Å². The topological polar surface area (TPSA) is 114 Å². The summed E-state index contributed by atoms with van der Waals surface area (Å²) in [5, 5.41) is 13.3. The minimum absolute atomic E-state index is 0.126. The fourth-order valence-electron chi connectivity index (χ4n) is 4.53. The van der Waals surface area contributed by atoms with Crippen LogP contribution in [-0.2, 0) is 35.5 Å². The van der Waals surface area contributed by atoms with Gasteiger partial charge < -0.3 is 10.1 Å². The molecule has 0 saturated heterocycles. The number of aromatic nitrogens is 2. The zero-order chi connectivity index (χ0) is 26.1. The Hall–Kier alpha value is -3.81. The van der Waals surface area contributed by atoms with Crippen molar-refractivity contribution < 1.29 is 14.3 Å². The zero-order valence-electron chi connectivity index (χ0n) is 20.4. The van der Waals surface area contributed by atoms with Gasteiger partial charge in [0.1, 0.15) is 33.9 Å². The number of rotatable bonds is 6. The van der Waals surface area contributed by atoms with Crippen molar-refractivity contribution in [2.24, 2.45) is 5.92 Å². The summed E-state index contributed by atoms with van der Waals surface area (Å²) in [6, 6.07) is 11.6. The van der Waals surface area contributed by atoms with Gasteiger partial charge in [-0.05, 0) is 48.8 Å². The summed E-state index contributed by atoms with van der Waals surface area (Å²) in [6.07, 6.45) is 4.07. The van der Waals surface area contributed by atoms with Crippen molar-refractivity contribution in [1.29, 1.82) is 5.26 Å². The minimum Gasteiger partial charge on any atom is -0.457 e. The first kappa shape index (κ1) is 24.9. The van der Waals surface area contributed by atoms with Crippen LogP contribution < -0.4 is 10.9 Å². The predicted molar refractivity (Wildman–Crippen MR) is 143 cm³/mol. The second-order valence-electron chi connectivity index (χ2n) is 9.19. The van der Waals surface area contributed by atoms with E-state index >= 15 is 0 Å². The van der Waals surface area contributed by atoms with Gasteiger partial charge in [-0.2, -0.15) is 5.26 Å². The van der Waals surface area contributed by atoms with E-state index in [-0.39, 0.29) is 13.2 Å². The Kier molecular flexibility index (Phi) is 6.91. The van der Waals surface area contributed by atoms with Crippen molar-refractivity contribution in [2.75, 3.05) is 5.32 Å². The highest BCUT2D eigenvalue weighted by Gasteiger charge is 2.25. The number of benzene rings is 1. The third kappa shape index (κ3) is 4.92. The molecule has 8 nitrogen and oxygen atoms in total. The maximum atomic E-state index is 13.2. The average Bonchev–Trinajstić information content (AvgIpc) is 3.41. The lowest BCUT2D eigenvalue weighted by Gasteiger charge is -2.17. The molecule has 3 heterocycles. The molecule has 1 N–H and O–H groups in total. The number of nitriles is 1. The van der Waals surface area contributed by atoms with Crippen LogP contribution in [-0.4, -0.2) is 21.4 Å². The molecule has 1 aliphatic rings. The highest BCUT2D eigenvalue weighted by molar-refractivity contribution is 7.20. The molecule has 188 valence electrons. The first-order valence-corrected chi connectivity index (χ1v) is 13.5. The zero-order valence-corrected chi connectivity index (χ0v) is 22.0. The number of nitrogens with one attached hydrogen (secondary N) is 1. The number of hydrogen-bond donors (Lipinski definition) is 1. The first-order chi connectivity index (χ1) is 17.9. The Morgan fingerprint density at radius 3 is 2.81 bits per heavy atom. The summed E-state index contributed by atoms with van der Waals surface area (Å²) < 4.78 is 6.65. The molecule has 1 aliphatic carbocycles. The number of ether oxygens (including phenoxy) is 1. The van der Waals surface area contributed by atoms with Crippen LogP contribution in [0.15, 0.2) is 41.5 Å². The van der Waals surface area contributed by atoms with E-state index in [0.717, 1.165) is 46.6 Å². The molecular weight excluding hydrogens is 508 g/mol. The van der Waals surface area contributed by atoms with Gasteiger partial charge in [0.05, 0.1) is 17.3 Å². The van der Waals surface area contributed by atoms with Crippen LogP contribution in [0.1, 0.15) is 50.1 Å². The largest absolute Gasteiger partial charge is 0.457 e. The number of thiophene rings is 2. The second-order valence-corrected chi connectivity index (χ2v) is 11.3. The molecule has 1 aromatic carbocycles. The minimum atomic E-state index is -0.520. The Morgan fingerprint density at radius 2 is 2.05 bits per heavy atom. The van der Waals surface area contributed by atoms with Crippen LogP contribution in [0.25, 0.3) is 10.2 Å². The Morgan fingerprint density at radius 1 is 1.27 bits per heavy atom. The molecule has 0 bridgehead atoms. The van der Waals surface area contributed by atoms with Crippen molar-refractivity contribution in [2.45, 2.75) is 46.3 Å². The summed E-state index contributed by atoms with van der Waals surface area (Å²) in [5.74, 6) is -0.387. The van der Waals surface area contributed by atoms with Gasteiger partial charge in [0, 0.05) is 4.88 Å².